The molecule has 8 heteroatoms. The standard InChI is InChI=1S/C17H14N2O5S/c1-24-15-9-5-4-8-13(15)18-19-14-10-16(25(21,22)23)11-6-2-3-7-12(11)17(14)20/h2-10,20H,1H3,(H,21,22,23). The Morgan fingerprint density at radius 3 is 2.20 bits per heavy atom. The van der Waals surface area contributed by atoms with E-state index in [1.807, 2.05) is 0 Å². The van der Waals surface area contributed by atoms with Crippen molar-refractivity contribution >= 4 is 32.3 Å². The third-order valence-corrected chi connectivity index (χ3v) is 4.48. The summed E-state index contributed by atoms with van der Waals surface area (Å²) in [6.45, 7) is 0. The quantitative estimate of drug-likeness (QED) is 0.536. The number of para-hydroxylation sites is 1. The topological polar surface area (TPSA) is 109 Å². The highest BCUT2D eigenvalue weighted by molar-refractivity contribution is 7.86. The molecule has 0 atom stereocenters. The Labute approximate surface area is 144 Å². The third-order valence-electron chi connectivity index (χ3n) is 3.59. The van der Waals surface area contributed by atoms with E-state index in [1.54, 1.807) is 36.4 Å². The number of methoxy groups -OCH3 is 1. The summed E-state index contributed by atoms with van der Waals surface area (Å²) in [4.78, 5) is -0.352. The van der Waals surface area contributed by atoms with Crippen LogP contribution in [0.4, 0.5) is 11.4 Å². The first-order chi connectivity index (χ1) is 11.9. The molecule has 0 amide bonds. The maximum Gasteiger partial charge on any atom is 0.295 e. The van der Waals surface area contributed by atoms with Crippen molar-refractivity contribution in [2.24, 2.45) is 10.2 Å². The summed E-state index contributed by atoms with van der Waals surface area (Å²) in [5, 5.41) is 18.7. The maximum absolute atomic E-state index is 11.7. The van der Waals surface area contributed by atoms with Gasteiger partial charge in [0.15, 0.2) is 5.75 Å². The molecule has 2 N–H and O–H groups in total. The van der Waals surface area contributed by atoms with Crippen LogP contribution < -0.4 is 4.74 Å². The molecule has 3 aromatic carbocycles. The summed E-state index contributed by atoms with van der Waals surface area (Å²) < 4.78 is 38.0. The molecule has 0 aromatic heterocycles. The second kappa shape index (κ2) is 6.50. The Morgan fingerprint density at radius 1 is 0.920 bits per heavy atom. The largest absolute Gasteiger partial charge is 0.505 e. The van der Waals surface area contributed by atoms with E-state index >= 15 is 0 Å². The molecule has 3 aromatic rings. The SMILES string of the molecule is COc1ccccc1N=Nc1cc(S(=O)(=O)O)c2ccccc2c1O. The molecule has 0 saturated heterocycles. The van der Waals surface area contributed by atoms with E-state index in [0.29, 0.717) is 11.4 Å². The van der Waals surface area contributed by atoms with Crippen molar-refractivity contribution in [2.45, 2.75) is 4.90 Å². The molecule has 0 spiro atoms. The number of azo groups is 1. The van der Waals surface area contributed by atoms with Gasteiger partial charge in [-0.2, -0.15) is 8.42 Å². The fourth-order valence-electron chi connectivity index (χ4n) is 2.42. The Balaban J connectivity index is 2.20. The highest BCUT2D eigenvalue weighted by Gasteiger charge is 2.19. The molecule has 0 saturated carbocycles. The van der Waals surface area contributed by atoms with Crippen molar-refractivity contribution in [3.63, 3.8) is 0 Å². The molecule has 3 rings (SSSR count). The lowest BCUT2D eigenvalue weighted by atomic mass is 10.1. The molecule has 0 bridgehead atoms. The molecule has 0 fully saturated rings. The number of phenols is 1. The van der Waals surface area contributed by atoms with Gasteiger partial charge in [0.2, 0.25) is 0 Å². The molecule has 128 valence electrons. The summed E-state index contributed by atoms with van der Waals surface area (Å²) in [6, 6.07) is 14.2. The van der Waals surface area contributed by atoms with Crippen LogP contribution in [0.2, 0.25) is 0 Å². The summed E-state index contributed by atoms with van der Waals surface area (Å²) >= 11 is 0. The Hall–Kier alpha value is -2.97. The lowest BCUT2D eigenvalue weighted by Crippen LogP contribution is -1.99. The average Bonchev–Trinajstić information content (AvgIpc) is 2.60. The summed E-state index contributed by atoms with van der Waals surface area (Å²) in [7, 11) is -3.02. The van der Waals surface area contributed by atoms with Gasteiger partial charge in [0.25, 0.3) is 10.1 Å². The van der Waals surface area contributed by atoms with Gasteiger partial charge in [-0.15, -0.1) is 10.2 Å². The number of benzene rings is 3. The first-order valence-electron chi connectivity index (χ1n) is 7.19. The number of rotatable bonds is 4. The van der Waals surface area contributed by atoms with Crippen LogP contribution in [-0.2, 0) is 10.1 Å². The van der Waals surface area contributed by atoms with E-state index in [0.717, 1.165) is 6.07 Å². The lowest BCUT2D eigenvalue weighted by Gasteiger charge is -2.08. The van der Waals surface area contributed by atoms with Crippen LogP contribution >= 0.6 is 0 Å². The molecule has 7 nitrogen and oxygen atoms in total. The monoisotopic (exact) mass is 358 g/mol. The zero-order valence-electron chi connectivity index (χ0n) is 13.1. The highest BCUT2D eigenvalue weighted by atomic mass is 32.2. The fraction of sp³-hybridized carbons (Fsp3) is 0.0588. The van der Waals surface area contributed by atoms with Gasteiger partial charge >= 0.3 is 0 Å². The average molecular weight is 358 g/mol. The minimum absolute atomic E-state index is 0.0859. The zero-order chi connectivity index (χ0) is 18.0. The number of hydrogen-bond acceptors (Lipinski definition) is 6. The molecule has 25 heavy (non-hydrogen) atoms. The van der Waals surface area contributed by atoms with Crippen molar-refractivity contribution < 1.29 is 22.8 Å². The molecular formula is C17H14N2O5S. The van der Waals surface area contributed by atoms with Crippen molar-refractivity contribution in [3.8, 4) is 11.5 Å². The van der Waals surface area contributed by atoms with Crippen molar-refractivity contribution in [1.29, 1.82) is 0 Å². The fourth-order valence-corrected chi connectivity index (χ4v) is 3.14. The van der Waals surface area contributed by atoms with Crippen LogP contribution in [0.5, 0.6) is 11.5 Å². The number of fused-ring (bicyclic) bond motifs is 1. The van der Waals surface area contributed by atoms with Crippen LogP contribution in [-0.4, -0.2) is 25.2 Å². The van der Waals surface area contributed by atoms with Crippen LogP contribution in [0.25, 0.3) is 10.8 Å². The molecular weight excluding hydrogens is 344 g/mol. The Morgan fingerprint density at radius 2 is 1.52 bits per heavy atom. The van der Waals surface area contributed by atoms with Crippen LogP contribution in [0.15, 0.2) is 69.7 Å². The van der Waals surface area contributed by atoms with Gasteiger partial charge in [-0.05, 0) is 18.2 Å². The zero-order valence-corrected chi connectivity index (χ0v) is 13.9. The minimum atomic E-state index is -4.50. The summed E-state index contributed by atoms with van der Waals surface area (Å²) in [5.74, 6) is 0.239. The molecule has 0 aliphatic heterocycles. The number of aromatic hydroxyl groups is 1. The Bertz CT molecular complexity index is 1080. The van der Waals surface area contributed by atoms with Gasteiger partial charge < -0.3 is 9.84 Å². The second-order valence-corrected chi connectivity index (χ2v) is 6.52. The van der Waals surface area contributed by atoms with E-state index in [2.05, 4.69) is 10.2 Å². The van der Waals surface area contributed by atoms with E-state index in [1.165, 1.54) is 19.2 Å². The lowest BCUT2D eigenvalue weighted by molar-refractivity contribution is 0.416. The third kappa shape index (κ3) is 3.30. The van der Waals surface area contributed by atoms with E-state index in [4.69, 9.17) is 4.74 Å². The molecule has 0 unspecified atom stereocenters. The maximum atomic E-state index is 11.7. The molecule has 0 aliphatic carbocycles. The van der Waals surface area contributed by atoms with Gasteiger partial charge in [0.1, 0.15) is 22.0 Å². The number of ether oxygens (including phenoxy) is 1. The number of phenolic OH excluding ortho intramolecular Hbond substituents is 1. The first kappa shape index (κ1) is 16.9. The Kier molecular flexibility index (Phi) is 4.39. The first-order valence-corrected chi connectivity index (χ1v) is 8.63. The van der Waals surface area contributed by atoms with Crippen molar-refractivity contribution in [1.82, 2.24) is 0 Å². The van der Waals surface area contributed by atoms with E-state index in [-0.39, 0.29) is 27.1 Å². The van der Waals surface area contributed by atoms with Crippen molar-refractivity contribution in [3.05, 3.63) is 54.6 Å². The van der Waals surface area contributed by atoms with E-state index < -0.39 is 10.1 Å². The second-order valence-electron chi connectivity index (χ2n) is 5.13. The minimum Gasteiger partial charge on any atom is -0.505 e. The predicted octanol–water partition coefficient (Wildman–Crippen LogP) is 4.22. The number of hydrogen-bond donors (Lipinski definition) is 2. The summed E-state index contributed by atoms with van der Waals surface area (Å²) in [6.07, 6.45) is 0. The van der Waals surface area contributed by atoms with Crippen LogP contribution in [0, 0.1) is 0 Å². The van der Waals surface area contributed by atoms with Gasteiger partial charge in [0.05, 0.1) is 7.11 Å². The molecule has 0 radical (unpaired) electrons. The van der Waals surface area contributed by atoms with Gasteiger partial charge in [-0.25, -0.2) is 0 Å². The van der Waals surface area contributed by atoms with Crippen LogP contribution in [0.1, 0.15) is 0 Å². The number of nitrogens with zero attached hydrogens (tertiary/aromatic N) is 2. The highest BCUT2D eigenvalue weighted by Crippen LogP contribution is 2.40. The van der Waals surface area contributed by atoms with Crippen molar-refractivity contribution in [2.75, 3.05) is 7.11 Å². The molecule has 0 aliphatic rings. The summed E-state index contributed by atoms with van der Waals surface area (Å²) in [5.41, 5.74) is 0.322. The van der Waals surface area contributed by atoms with Crippen LogP contribution in [0.3, 0.4) is 0 Å². The predicted molar refractivity (Wildman–Crippen MR) is 92.6 cm³/mol. The smallest absolute Gasteiger partial charge is 0.295 e. The molecule has 0 heterocycles. The van der Waals surface area contributed by atoms with Gasteiger partial charge in [-0.1, -0.05) is 36.4 Å². The normalized spacial score (nSPS) is 11.9. The van der Waals surface area contributed by atoms with E-state index in [9.17, 15) is 18.1 Å². The van der Waals surface area contributed by atoms with Gasteiger partial charge in [-0.3, -0.25) is 4.55 Å². The van der Waals surface area contributed by atoms with Gasteiger partial charge in [0, 0.05) is 10.8 Å².